The van der Waals surface area contributed by atoms with Crippen LogP contribution in [-0.4, -0.2) is 0 Å². The molecule has 2 aliphatic carbocycles. The summed E-state index contributed by atoms with van der Waals surface area (Å²) in [6.45, 7) is 12.4. The summed E-state index contributed by atoms with van der Waals surface area (Å²) in [5, 5.41) is 0. The van der Waals surface area contributed by atoms with E-state index >= 15 is 0 Å². The van der Waals surface area contributed by atoms with Gasteiger partial charge in [-0.05, 0) is 72.9 Å². The summed E-state index contributed by atoms with van der Waals surface area (Å²) in [4.78, 5) is 0. The third kappa shape index (κ3) is 3.85. The molecule has 0 bridgehead atoms. The fourth-order valence-electron chi connectivity index (χ4n) is 3.54. The first-order chi connectivity index (χ1) is 9.63. The number of benzene rings is 1. The van der Waals surface area contributed by atoms with Crippen LogP contribution in [0.15, 0.2) is 59.7 Å². The van der Waals surface area contributed by atoms with E-state index in [1.54, 1.807) is 11.1 Å². The number of fused-ring (bicyclic) bond motifs is 3. The van der Waals surface area contributed by atoms with Gasteiger partial charge in [-0.1, -0.05) is 48.6 Å². The molecule has 0 radical (unpaired) electrons. The van der Waals surface area contributed by atoms with Gasteiger partial charge in [-0.2, -0.15) is 0 Å². The van der Waals surface area contributed by atoms with Gasteiger partial charge in [-0.3, -0.25) is 0 Å². The second-order valence-corrected chi connectivity index (χ2v) is 6.07. The standard InChI is InChI=1S/C20H22.2Ar/c1-5-15-11-19-17(9-13(15)3)7-8-18-10-14(4)16(6-2)12-20(18)19;;/h5-8H,1-2,9-12H2,3-4H3;;. The molecule has 0 nitrogen and oxygen atoms in total. The predicted molar refractivity (Wildman–Crippen MR) is 87.1 cm³/mol. The summed E-state index contributed by atoms with van der Waals surface area (Å²) < 4.78 is 0. The zero-order valence-electron chi connectivity index (χ0n) is 13.3. The second kappa shape index (κ2) is 8.70. The largest absolute Gasteiger partial charge is 0.0988 e. The van der Waals surface area contributed by atoms with Gasteiger partial charge >= 0.3 is 0 Å². The predicted octanol–water partition coefficient (Wildman–Crippen LogP) is 4.89. The average Bonchev–Trinajstić information content (AvgIpc) is 2.45. The molecule has 2 aliphatic rings. The molecule has 0 unspecified atom stereocenters. The van der Waals surface area contributed by atoms with Crippen molar-refractivity contribution in [2.24, 2.45) is 0 Å². The minimum absolute atomic E-state index is 0. The minimum Gasteiger partial charge on any atom is -0.0988 e. The maximum absolute atomic E-state index is 3.98. The monoisotopic (exact) mass is 342 g/mol. The van der Waals surface area contributed by atoms with E-state index in [2.05, 4.69) is 39.1 Å². The molecule has 0 aliphatic heterocycles. The van der Waals surface area contributed by atoms with Gasteiger partial charge in [-0.15, -0.1) is 0 Å². The molecule has 3 rings (SSSR count). The molecule has 0 N–H and O–H groups in total. The van der Waals surface area contributed by atoms with Gasteiger partial charge in [0.05, 0.1) is 0 Å². The van der Waals surface area contributed by atoms with Crippen LogP contribution in [0.4, 0.5) is 0 Å². The Morgan fingerprint density at radius 1 is 0.727 bits per heavy atom. The summed E-state index contributed by atoms with van der Waals surface area (Å²) in [7, 11) is 0. The van der Waals surface area contributed by atoms with Crippen molar-refractivity contribution < 1.29 is 75.5 Å². The third-order valence-electron chi connectivity index (χ3n) is 4.86. The van der Waals surface area contributed by atoms with Crippen LogP contribution in [0.25, 0.3) is 0 Å². The summed E-state index contributed by atoms with van der Waals surface area (Å²) in [6.07, 6.45) is 8.34. The molecule has 2 heteroatoms. The van der Waals surface area contributed by atoms with Crippen molar-refractivity contribution in [1.29, 1.82) is 0 Å². The number of hydrogen-bond acceptors (Lipinski definition) is 0. The molecule has 0 amide bonds. The first-order valence-electron chi connectivity index (χ1n) is 7.38. The van der Waals surface area contributed by atoms with Crippen LogP contribution in [0.5, 0.6) is 0 Å². The van der Waals surface area contributed by atoms with Gasteiger partial charge in [0, 0.05) is 75.5 Å². The number of allylic oxidation sites excluding steroid dienone is 6. The Hall–Kier alpha value is 0.699. The quantitative estimate of drug-likeness (QED) is 0.718. The molecule has 0 spiro atoms. The van der Waals surface area contributed by atoms with Gasteiger partial charge in [0.25, 0.3) is 0 Å². The van der Waals surface area contributed by atoms with Crippen molar-refractivity contribution in [2.45, 2.75) is 39.5 Å². The van der Waals surface area contributed by atoms with Crippen LogP contribution in [-0.2, 0) is 25.7 Å². The van der Waals surface area contributed by atoms with E-state index in [9.17, 15) is 0 Å². The molecular weight excluding hydrogens is 320 g/mol. The average molecular weight is 342 g/mol. The molecule has 0 fully saturated rings. The van der Waals surface area contributed by atoms with Crippen LogP contribution < -0.4 is 0 Å². The SMILES string of the molecule is C=CC1=C(C)Cc2ccc3c(c2C1)CC(C=C)=C(C)C3.[Ar].[Ar]. The molecule has 1 aromatic rings. The van der Waals surface area contributed by atoms with Gasteiger partial charge in [0.1, 0.15) is 0 Å². The van der Waals surface area contributed by atoms with Crippen LogP contribution in [0.2, 0.25) is 0 Å². The molecule has 1 aromatic carbocycles. The van der Waals surface area contributed by atoms with Gasteiger partial charge in [0.2, 0.25) is 0 Å². The van der Waals surface area contributed by atoms with Crippen LogP contribution in [0, 0.1) is 75.5 Å². The van der Waals surface area contributed by atoms with Crippen molar-refractivity contribution in [3.05, 3.63) is 82.0 Å². The Balaban J connectivity index is 0.00000121. The molecule has 0 saturated heterocycles. The minimum atomic E-state index is 0. The molecule has 22 heavy (non-hydrogen) atoms. The van der Waals surface area contributed by atoms with Crippen molar-refractivity contribution in [3.8, 4) is 0 Å². The zero-order chi connectivity index (χ0) is 14.3. The molecule has 0 aromatic heterocycles. The third-order valence-corrected chi connectivity index (χ3v) is 4.86. The fourth-order valence-corrected chi connectivity index (χ4v) is 3.54. The van der Waals surface area contributed by atoms with E-state index in [-0.39, 0.29) is 75.5 Å². The Labute approximate surface area is 194 Å². The maximum atomic E-state index is 3.98. The molecular formula is C20H22Ar2. The Bertz CT molecular complexity index is 616. The topological polar surface area (TPSA) is 0 Å². The first kappa shape index (κ1) is 20.7. The summed E-state index contributed by atoms with van der Waals surface area (Å²) >= 11 is 0. The van der Waals surface area contributed by atoms with Crippen molar-refractivity contribution in [2.75, 3.05) is 0 Å². The van der Waals surface area contributed by atoms with E-state index in [0.29, 0.717) is 0 Å². The van der Waals surface area contributed by atoms with E-state index in [1.165, 1.54) is 33.4 Å². The molecule has 0 saturated carbocycles. The van der Waals surface area contributed by atoms with E-state index in [0.717, 1.165) is 25.7 Å². The zero-order valence-corrected chi connectivity index (χ0v) is 14.7. The Morgan fingerprint density at radius 2 is 1.09 bits per heavy atom. The van der Waals surface area contributed by atoms with Gasteiger partial charge < -0.3 is 0 Å². The molecule has 0 atom stereocenters. The number of rotatable bonds is 2. The van der Waals surface area contributed by atoms with Crippen LogP contribution in [0.1, 0.15) is 36.1 Å². The van der Waals surface area contributed by atoms with Gasteiger partial charge in [-0.25, -0.2) is 0 Å². The Morgan fingerprint density at radius 3 is 1.41 bits per heavy atom. The van der Waals surface area contributed by atoms with Crippen molar-refractivity contribution in [3.63, 3.8) is 0 Å². The Kier molecular flexibility index (Phi) is 8.20. The van der Waals surface area contributed by atoms with E-state index in [4.69, 9.17) is 0 Å². The fraction of sp³-hybridized carbons (Fsp3) is 0.300. The van der Waals surface area contributed by atoms with Crippen molar-refractivity contribution in [1.82, 2.24) is 0 Å². The van der Waals surface area contributed by atoms with Crippen LogP contribution in [0.3, 0.4) is 0 Å². The van der Waals surface area contributed by atoms with Crippen molar-refractivity contribution >= 4 is 0 Å². The second-order valence-electron chi connectivity index (χ2n) is 6.07. The molecule has 118 valence electrons. The normalized spacial score (nSPS) is 16.1. The van der Waals surface area contributed by atoms with Crippen LogP contribution >= 0.6 is 0 Å². The van der Waals surface area contributed by atoms with E-state index in [1.807, 2.05) is 12.2 Å². The maximum Gasteiger partial charge on any atom is 0 e. The number of hydrogen-bond donors (Lipinski definition) is 0. The first-order valence-corrected chi connectivity index (χ1v) is 7.38. The van der Waals surface area contributed by atoms with Gasteiger partial charge in [0.15, 0.2) is 0 Å². The summed E-state index contributed by atoms with van der Waals surface area (Å²) in [6, 6.07) is 4.67. The molecule has 0 heterocycles. The summed E-state index contributed by atoms with van der Waals surface area (Å²) in [5.41, 5.74) is 11.9. The van der Waals surface area contributed by atoms with E-state index < -0.39 is 0 Å². The smallest absolute Gasteiger partial charge is 0 e. The summed E-state index contributed by atoms with van der Waals surface area (Å²) in [5.74, 6) is 0.